The summed E-state index contributed by atoms with van der Waals surface area (Å²) in [5.41, 5.74) is 3.45. The number of rotatable bonds is 7. The molecule has 0 saturated carbocycles. The van der Waals surface area contributed by atoms with Gasteiger partial charge in [0.15, 0.2) is 0 Å². The molecule has 0 amide bonds. The predicted octanol–water partition coefficient (Wildman–Crippen LogP) is 4.59. The highest BCUT2D eigenvalue weighted by molar-refractivity contribution is 5.44. The van der Waals surface area contributed by atoms with E-state index in [0.717, 1.165) is 22.9 Å². The first-order valence-electron chi connectivity index (χ1n) is 8.25. The Morgan fingerprint density at radius 3 is 2.56 bits per heavy atom. The van der Waals surface area contributed by atoms with E-state index in [1.165, 1.54) is 11.1 Å². The number of hydrogen-bond donors (Lipinski definition) is 1. The summed E-state index contributed by atoms with van der Waals surface area (Å²) in [4.78, 5) is 4.29. The van der Waals surface area contributed by atoms with E-state index in [0.29, 0.717) is 13.2 Å². The van der Waals surface area contributed by atoms with Crippen LogP contribution in [0.15, 0.2) is 66.9 Å². The molecule has 1 N–H and O–H groups in total. The van der Waals surface area contributed by atoms with Crippen LogP contribution < -0.4 is 14.8 Å². The first-order valence-corrected chi connectivity index (χ1v) is 8.25. The second-order valence-electron chi connectivity index (χ2n) is 5.76. The van der Waals surface area contributed by atoms with E-state index in [-0.39, 0.29) is 0 Å². The van der Waals surface area contributed by atoms with E-state index in [9.17, 15) is 0 Å². The minimum atomic E-state index is 0.524. The lowest BCUT2D eigenvalue weighted by molar-refractivity contribution is 0.300. The van der Waals surface area contributed by atoms with Gasteiger partial charge in [-0.2, -0.15) is 0 Å². The smallest absolute Gasteiger partial charge is 0.128 e. The molecule has 4 heteroatoms. The Kier molecular flexibility index (Phi) is 5.52. The SMILES string of the molecule is COc1ccc(CNc2ccccn2)c(OCc2ccccc2C)c1. The lowest BCUT2D eigenvalue weighted by Crippen LogP contribution is -2.05. The zero-order chi connectivity index (χ0) is 17.5. The minimum absolute atomic E-state index is 0.524. The summed E-state index contributed by atoms with van der Waals surface area (Å²) in [5, 5.41) is 3.32. The van der Waals surface area contributed by atoms with Crippen LogP contribution in [-0.2, 0) is 13.2 Å². The van der Waals surface area contributed by atoms with Crippen LogP contribution in [0.2, 0.25) is 0 Å². The zero-order valence-corrected chi connectivity index (χ0v) is 14.5. The van der Waals surface area contributed by atoms with Crippen LogP contribution >= 0.6 is 0 Å². The lowest BCUT2D eigenvalue weighted by atomic mass is 10.1. The van der Waals surface area contributed by atoms with Crippen LogP contribution in [0, 0.1) is 6.92 Å². The number of ether oxygens (including phenoxy) is 2. The van der Waals surface area contributed by atoms with Gasteiger partial charge in [-0.25, -0.2) is 4.98 Å². The zero-order valence-electron chi connectivity index (χ0n) is 14.5. The Labute approximate surface area is 148 Å². The molecule has 128 valence electrons. The molecule has 0 aliphatic rings. The summed E-state index contributed by atoms with van der Waals surface area (Å²) in [6.07, 6.45) is 1.77. The fourth-order valence-corrected chi connectivity index (χ4v) is 2.52. The summed E-state index contributed by atoms with van der Waals surface area (Å²) in [6.45, 7) is 3.24. The molecule has 0 spiro atoms. The second kappa shape index (κ2) is 8.20. The molecule has 0 aliphatic heterocycles. The van der Waals surface area contributed by atoms with Crippen molar-refractivity contribution in [2.75, 3.05) is 12.4 Å². The van der Waals surface area contributed by atoms with Crippen molar-refractivity contribution in [3.8, 4) is 11.5 Å². The second-order valence-corrected chi connectivity index (χ2v) is 5.76. The molecule has 3 rings (SSSR count). The topological polar surface area (TPSA) is 43.4 Å². The number of hydrogen-bond acceptors (Lipinski definition) is 4. The van der Waals surface area contributed by atoms with E-state index in [1.54, 1.807) is 13.3 Å². The maximum atomic E-state index is 6.09. The van der Waals surface area contributed by atoms with E-state index in [2.05, 4.69) is 29.4 Å². The number of aryl methyl sites for hydroxylation is 1. The number of benzene rings is 2. The van der Waals surface area contributed by atoms with Crippen LogP contribution in [0.25, 0.3) is 0 Å². The molecular formula is C21H22N2O2. The highest BCUT2D eigenvalue weighted by Crippen LogP contribution is 2.26. The third-order valence-electron chi connectivity index (χ3n) is 4.04. The molecule has 25 heavy (non-hydrogen) atoms. The van der Waals surface area contributed by atoms with Gasteiger partial charge in [-0.05, 0) is 42.3 Å². The van der Waals surface area contributed by atoms with Crippen molar-refractivity contribution in [2.24, 2.45) is 0 Å². The van der Waals surface area contributed by atoms with Gasteiger partial charge in [0.05, 0.1) is 7.11 Å². The number of pyridine rings is 1. The Hall–Kier alpha value is -3.01. The van der Waals surface area contributed by atoms with Gasteiger partial charge in [0.25, 0.3) is 0 Å². The highest BCUT2D eigenvalue weighted by Gasteiger charge is 2.08. The number of anilines is 1. The average molecular weight is 334 g/mol. The van der Waals surface area contributed by atoms with Gasteiger partial charge in [0.2, 0.25) is 0 Å². The van der Waals surface area contributed by atoms with Gasteiger partial charge in [-0.1, -0.05) is 30.3 Å². The monoisotopic (exact) mass is 334 g/mol. The van der Waals surface area contributed by atoms with Crippen molar-refractivity contribution in [2.45, 2.75) is 20.1 Å². The molecule has 2 aromatic carbocycles. The summed E-state index contributed by atoms with van der Waals surface area (Å²) in [7, 11) is 1.66. The van der Waals surface area contributed by atoms with E-state index < -0.39 is 0 Å². The largest absolute Gasteiger partial charge is 0.497 e. The molecule has 4 nitrogen and oxygen atoms in total. The number of nitrogens with zero attached hydrogens (tertiary/aromatic N) is 1. The van der Waals surface area contributed by atoms with Crippen LogP contribution in [0.1, 0.15) is 16.7 Å². The molecule has 0 bridgehead atoms. The number of methoxy groups -OCH3 is 1. The molecule has 3 aromatic rings. The Balaban J connectivity index is 1.75. The van der Waals surface area contributed by atoms with Gasteiger partial charge in [0, 0.05) is 24.4 Å². The average Bonchev–Trinajstić information content (AvgIpc) is 2.67. The van der Waals surface area contributed by atoms with Crippen LogP contribution in [0.4, 0.5) is 5.82 Å². The summed E-state index contributed by atoms with van der Waals surface area (Å²) in [5.74, 6) is 2.43. The van der Waals surface area contributed by atoms with Gasteiger partial charge < -0.3 is 14.8 Å². The van der Waals surface area contributed by atoms with Crippen molar-refractivity contribution in [1.29, 1.82) is 0 Å². The summed E-state index contributed by atoms with van der Waals surface area (Å²) in [6, 6.07) is 19.9. The molecule has 0 unspecified atom stereocenters. The fraction of sp³-hybridized carbons (Fsp3) is 0.190. The molecule has 0 fully saturated rings. The summed E-state index contributed by atoms with van der Waals surface area (Å²) >= 11 is 0. The quantitative estimate of drug-likeness (QED) is 0.686. The van der Waals surface area contributed by atoms with E-state index >= 15 is 0 Å². The first kappa shape index (κ1) is 16.8. The molecule has 0 saturated heterocycles. The molecule has 0 atom stereocenters. The normalized spacial score (nSPS) is 10.3. The minimum Gasteiger partial charge on any atom is -0.497 e. The van der Waals surface area contributed by atoms with Gasteiger partial charge in [0.1, 0.15) is 23.9 Å². The highest BCUT2D eigenvalue weighted by atomic mass is 16.5. The van der Waals surface area contributed by atoms with Crippen molar-refractivity contribution in [1.82, 2.24) is 4.98 Å². The predicted molar refractivity (Wildman–Crippen MR) is 100 cm³/mol. The van der Waals surface area contributed by atoms with Gasteiger partial charge in [-0.3, -0.25) is 0 Å². The third-order valence-corrected chi connectivity index (χ3v) is 4.04. The van der Waals surface area contributed by atoms with Crippen molar-refractivity contribution in [3.05, 3.63) is 83.6 Å². The van der Waals surface area contributed by atoms with E-state index in [4.69, 9.17) is 9.47 Å². The Bertz CT molecular complexity index is 819. The Morgan fingerprint density at radius 1 is 0.960 bits per heavy atom. The lowest BCUT2D eigenvalue weighted by Gasteiger charge is -2.15. The first-order chi connectivity index (χ1) is 12.3. The molecule has 1 heterocycles. The Morgan fingerprint density at radius 2 is 1.80 bits per heavy atom. The third kappa shape index (κ3) is 4.51. The van der Waals surface area contributed by atoms with Crippen molar-refractivity contribution >= 4 is 5.82 Å². The molecule has 0 radical (unpaired) electrons. The molecule has 1 aromatic heterocycles. The summed E-state index contributed by atoms with van der Waals surface area (Å²) < 4.78 is 11.4. The fourth-order valence-electron chi connectivity index (χ4n) is 2.52. The van der Waals surface area contributed by atoms with Crippen molar-refractivity contribution in [3.63, 3.8) is 0 Å². The number of aromatic nitrogens is 1. The van der Waals surface area contributed by atoms with Crippen LogP contribution in [-0.4, -0.2) is 12.1 Å². The van der Waals surface area contributed by atoms with Gasteiger partial charge in [-0.15, -0.1) is 0 Å². The standard InChI is InChI=1S/C21H22N2O2/c1-16-7-3-4-8-18(16)15-25-20-13-19(24-2)11-10-17(20)14-23-21-9-5-6-12-22-21/h3-13H,14-15H2,1-2H3,(H,22,23). The van der Waals surface area contributed by atoms with Crippen LogP contribution in [0.3, 0.4) is 0 Å². The maximum absolute atomic E-state index is 6.09. The molecular weight excluding hydrogens is 312 g/mol. The maximum Gasteiger partial charge on any atom is 0.128 e. The number of nitrogens with one attached hydrogen (secondary N) is 1. The van der Waals surface area contributed by atoms with E-state index in [1.807, 2.05) is 48.5 Å². The van der Waals surface area contributed by atoms with Crippen molar-refractivity contribution < 1.29 is 9.47 Å². The molecule has 0 aliphatic carbocycles. The van der Waals surface area contributed by atoms with Gasteiger partial charge >= 0.3 is 0 Å². The van der Waals surface area contributed by atoms with Crippen LogP contribution in [0.5, 0.6) is 11.5 Å².